The molecule has 0 saturated heterocycles. The Morgan fingerprint density at radius 3 is 2.44 bits per heavy atom. The Morgan fingerprint density at radius 2 is 1.78 bits per heavy atom. The first-order valence-electron chi connectivity index (χ1n) is 5.27. The van der Waals surface area contributed by atoms with Gasteiger partial charge in [0, 0.05) is 5.56 Å². The molecule has 5 heteroatoms. The van der Waals surface area contributed by atoms with Crippen LogP contribution in [0.25, 0.3) is 10.8 Å². The Bertz CT molecular complexity index is 551. The van der Waals surface area contributed by atoms with Crippen LogP contribution in [0, 0.1) is 0 Å². The first kappa shape index (κ1) is 13.0. The Kier molecular flexibility index (Phi) is 3.66. The fourth-order valence-corrected chi connectivity index (χ4v) is 2.02. The molecule has 0 amide bonds. The Morgan fingerprint density at radius 1 is 1.06 bits per heavy atom. The molecule has 0 radical (unpaired) electrons. The van der Waals surface area contributed by atoms with E-state index in [9.17, 15) is 13.2 Å². The average Bonchev–Trinajstić information content (AvgIpc) is 2.34. The van der Waals surface area contributed by atoms with Crippen molar-refractivity contribution in [1.82, 2.24) is 0 Å². The van der Waals surface area contributed by atoms with Gasteiger partial charge in [0.2, 0.25) is 0 Å². The summed E-state index contributed by atoms with van der Waals surface area (Å²) in [5.41, 5.74) is 0.582. The molecule has 2 rings (SSSR count). The fourth-order valence-electron chi connectivity index (χ4n) is 1.75. The highest BCUT2D eigenvalue weighted by atomic mass is 35.5. The van der Waals surface area contributed by atoms with Crippen molar-refractivity contribution in [1.29, 1.82) is 0 Å². The molecule has 2 aromatic rings. The fraction of sp³-hybridized carbons (Fsp3) is 0.231. The summed E-state index contributed by atoms with van der Waals surface area (Å²) in [5.74, 6) is 0.287. The van der Waals surface area contributed by atoms with E-state index < -0.39 is 12.8 Å². The lowest BCUT2D eigenvalue weighted by molar-refractivity contribution is -0.153. The van der Waals surface area contributed by atoms with Crippen molar-refractivity contribution in [2.24, 2.45) is 0 Å². The van der Waals surface area contributed by atoms with Crippen LogP contribution in [0.15, 0.2) is 36.4 Å². The highest BCUT2D eigenvalue weighted by molar-refractivity contribution is 6.18. The highest BCUT2D eigenvalue weighted by Crippen LogP contribution is 2.30. The van der Waals surface area contributed by atoms with E-state index in [-0.39, 0.29) is 11.6 Å². The molecule has 0 aromatic heterocycles. The van der Waals surface area contributed by atoms with E-state index in [1.54, 1.807) is 6.07 Å². The summed E-state index contributed by atoms with van der Waals surface area (Å²) in [7, 11) is 0. The molecule has 96 valence electrons. The minimum absolute atomic E-state index is 0.106. The first-order valence-corrected chi connectivity index (χ1v) is 5.81. The molecule has 1 nitrogen and oxygen atoms in total. The van der Waals surface area contributed by atoms with Gasteiger partial charge in [0.1, 0.15) is 5.75 Å². The van der Waals surface area contributed by atoms with Gasteiger partial charge in [0.25, 0.3) is 0 Å². The van der Waals surface area contributed by atoms with Gasteiger partial charge in [-0.2, -0.15) is 13.2 Å². The van der Waals surface area contributed by atoms with Gasteiger partial charge in [-0.3, -0.25) is 0 Å². The van der Waals surface area contributed by atoms with Crippen LogP contribution in [0.5, 0.6) is 5.75 Å². The normalized spacial score (nSPS) is 11.8. The van der Waals surface area contributed by atoms with Crippen molar-refractivity contribution in [3.63, 3.8) is 0 Å². The second-order valence-electron chi connectivity index (χ2n) is 3.80. The van der Waals surface area contributed by atoms with Crippen LogP contribution < -0.4 is 4.74 Å². The summed E-state index contributed by atoms with van der Waals surface area (Å²) in [6.45, 7) is -1.31. The molecular formula is C13H10ClF3O. The second-order valence-corrected chi connectivity index (χ2v) is 4.07. The van der Waals surface area contributed by atoms with Gasteiger partial charge in [0.15, 0.2) is 6.61 Å². The predicted octanol–water partition coefficient (Wildman–Crippen LogP) is 4.52. The number of alkyl halides is 4. The molecule has 0 aliphatic carbocycles. The molecule has 0 saturated carbocycles. The van der Waals surface area contributed by atoms with Crippen molar-refractivity contribution in [2.45, 2.75) is 12.1 Å². The lowest BCUT2D eigenvalue weighted by atomic mass is 10.0. The quantitative estimate of drug-likeness (QED) is 0.748. The second kappa shape index (κ2) is 5.06. The Balaban J connectivity index is 2.39. The van der Waals surface area contributed by atoms with Crippen molar-refractivity contribution < 1.29 is 17.9 Å². The maximum Gasteiger partial charge on any atom is 0.422 e. The number of hydrogen-bond donors (Lipinski definition) is 0. The van der Waals surface area contributed by atoms with Gasteiger partial charge in [-0.1, -0.05) is 30.3 Å². The van der Waals surface area contributed by atoms with E-state index >= 15 is 0 Å². The zero-order valence-corrected chi connectivity index (χ0v) is 10.1. The molecule has 0 spiro atoms. The zero-order valence-electron chi connectivity index (χ0n) is 9.30. The Labute approximate surface area is 107 Å². The van der Waals surface area contributed by atoms with Gasteiger partial charge in [-0.15, -0.1) is 11.6 Å². The van der Waals surface area contributed by atoms with Crippen molar-refractivity contribution in [2.75, 3.05) is 6.61 Å². The molecule has 0 N–H and O–H groups in total. The number of rotatable bonds is 3. The van der Waals surface area contributed by atoms with Gasteiger partial charge in [-0.25, -0.2) is 0 Å². The largest absolute Gasteiger partial charge is 0.484 e. The van der Waals surface area contributed by atoms with Crippen LogP contribution in [-0.2, 0) is 5.88 Å². The zero-order chi connectivity index (χ0) is 13.2. The third-order valence-electron chi connectivity index (χ3n) is 2.52. The van der Waals surface area contributed by atoms with Crippen molar-refractivity contribution in [3.05, 3.63) is 42.0 Å². The minimum Gasteiger partial charge on any atom is -0.484 e. The summed E-state index contributed by atoms with van der Waals surface area (Å²) in [6, 6.07) is 10.6. The maximum absolute atomic E-state index is 12.1. The highest BCUT2D eigenvalue weighted by Gasteiger charge is 2.28. The summed E-state index contributed by atoms with van der Waals surface area (Å²) in [4.78, 5) is 0. The van der Waals surface area contributed by atoms with Crippen LogP contribution in [0.2, 0.25) is 0 Å². The monoisotopic (exact) mass is 274 g/mol. The van der Waals surface area contributed by atoms with E-state index in [1.165, 1.54) is 6.07 Å². The molecule has 0 bridgehead atoms. The number of benzene rings is 2. The average molecular weight is 275 g/mol. The third kappa shape index (κ3) is 2.88. The summed E-state index contributed by atoms with van der Waals surface area (Å²) in [5, 5.41) is 1.74. The molecule has 0 aliphatic heterocycles. The number of ether oxygens (including phenoxy) is 1. The van der Waals surface area contributed by atoms with Gasteiger partial charge < -0.3 is 4.74 Å². The first-order chi connectivity index (χ1) is 8.51. The van der Waals surface area contributed by atoms with Gasteiger partial charge in [-0.05, 0) is 16.8 Å². The predicted molar refractivity (Wildman–Crippen MR) is 65.1 cm³/mol. The van der Waals surface area contributed by atoms with Crippen LogP contribution in [0.4, 0.5) is 13.2 Å². The SMILES string of the molecule is FC(F)(F)COc1ccc2ccccc2c1CCl. The molecular weight excluding hydrogens is 265 g/mol. The van der Waals surface area contributed by atoms with Crippen LogP contribution in [-0.4, -0.2) is 12.8 Å². The van der Waals surface area contributed by atoms with Crippen LogP contribution in [0.3, 0.4) is 0 Å². The van der Waals surface area contributed by atoms with Gasteiger partial charge >= 0.3 is 6.18 Å². The van der Waals surface area contributed by atoms with Crippen LogP contribution in [0.1, 0.15) is 5.56 Å². The van der Waals surface area contributed by atoms with E-state index in [2.05, 4.69) is 0 Å². The summed E-state index contributed by atoms with van der Waals surface area (Å²) < 4.78 is 41.2. The molecule has 0 aliphatic rings. The smallest absolute Gasteiger partial charge is 0.422 e. The number of fused-ring (bicyclic) bond motifs is 1. The van der Waals surface area contributed by atoms with Crippen molar-refractivity contribution >= 4 is 22.4 Å². The standard InChI is InChI=1S/C13H10ClF3O/c14-7-11-10-4-2-1-3-9(10)5-6-12(11)18-8-13(15,16)17/h1-6H,7-8H2. The van der Waals surface area contributed by atoms with Crippen molar-refractivity contribution in [3.8, 4) is 5.75 Å². The topological polar surface area (TPSA) is 9.23 Å². The lowest BCUT2D eigenvalue weighted by Crippen LogP contribution is -2.19. The third-order valence-corrected chi connectivity index (χ3v) is 2.79. The molecule has 0 atom stereocenters. The van der Waals surface area contributed by atoms with Crippen LogP contribution >= 0.6 is 11.6 Å². The molecule has 2 aromatic carbocycles. The molecule has 0 unspecified atom stereocenters. The number of halogens is 4. The number of hydrogen-bond acceptors (Lipinski definition) is 1. The van der Waals surface area contributed by atoms with E-state index in [4.69, 9.17) is 16.3 Å². The summed E-state index contributed by atoms with van der Waals surface area (Å²) >= 11 is 5.80. The van der Waals surface area contributed by atoms with E-state index in [0.29, 0.717) is 5.56 Å². The minimum atomic E-state index is -4.35. The molecule has 0 heterocycles. The molecule has 18 heavy (non-hydrogen) atoms. The van der Waals surface area contributed by atoms with E-state index in [1.807, 2.05) is 24.3 Å². The van der Waals surface area contributed by atoms with E-state index in [0.717, 1.165) is 10.8 Å². The Hall–Kier alpha value is -1.42. The van der Waals surface area contributed by atoms with Gasteiger partial charge in [0.05, 0.1) is 5.88 Å². The maximum atomic E-state index is 12.1. The molecule has 0 fully saturated rings. The lowest BCUT2D eigenvalue weighted by Gasteiger charge is -2.13. The summed E-state index contributed by atoms with van der Waals surface area (Å²) in [6.07, 6.45) is -4.35.